The van der Waals surface area contributed by atoms with Gasteiger partial charge < -0.3 is 15.4 Å². The third-order valence-electron chi connectivity index (χ3n) is 6.63. The van der Waals surface area contributed by atoms with Crippen molar-refractivity contribution in [3.05, 3.63) is 66.5 Å². The first kappa shape index (κ1) is 28.6. The van der Waals surface area contributed by atoms with Gasteiger partial charge in [-0.1, -0.05) is 24.3 Å². The number of piperidine rings is 1. The van der Waals surface area contributed by atoms with Gasteiger partial charge >= 0.3 is 6.18 Å². The Hall–Kier alpha value is -3.97. The van der Waals surface area contributed by atoms with E-state index in [0.717, 1.165) is 25.9 Å². The number of pyridine rings is 1. The van der Waals surface area contributed by atoms with Crippen molar-refractivity contribution in [2.24, 2.45) is 0 Å². The van der Waals surface area contributed by atoms with Gasteiger partial charge in [0.15, 0.2) is 0 Å². The van der Waals surface area contributed by atoms with E-state index >= 15 is 0 Å². The molecule has 0 unspecified atom stereocenters. The van der Waals surface area contributed by atoms with Crippen LogP contribution < -0.4 is 20.1 Å². The van der Waals surface area contributed by atoms with Crippen LogP contribution in [0.25, 0.3) is 22.0 Å². The first-order chi connectivity index (χ1) is 19.6. The molecular formula is C28H29F3N6O3S. The van der Waals surface area contributed by atoms with Gasteiger partial charge in [0.1, 0.15) is 5.75 Å². The standard InChI is InChI=1S/C28H29F3N6O3S/c1-18-16-24(37-41(38,39)15-11-28(29,30)31)20-7-2-3-8-21(20)25(18)40-26-22(9-5-13-33-26)23-10-14-34-27(36-23)35-19-6-4-12-32-17-19/h2-3,5,7-10,13-14,16,19,32,37H,4,6,11-12,15,17H2,1H3,(H,34,35,36)/t19-/m0/s1. The number of nitrogens with zero attached hydrogens (tertiary/aromatic N) is 3. The predicted molar refractivity (Wildman–Crippen MR) is 152 cm³/mol. The first-order valence-electron chi connectivity index (χ1n) is 13.1. The lowest BCUT2D eigenvalue weighted by molar-refractivity contribution is -0.129. The van der Waals surface area contributed by atoms with E-state index < -0.39 is 28.4 Å². The number of aromatic nitrogens is 3. The average molecular weight is 587 g/mol. The third-order valence-corrected chi connectivity index (χ3v) is 7.90. The van der Waals surface area contributed by atoms with Crippen LogP contribution in [0.15, 0.2) is 60.9 Å². The molecule has 216 valence electrons. The number of ether oxygens (including phenoxy) is 1. The Kier molecular flexibility index (Phi) is 8.27. The van der Waals surface area contributed by atoms with Gasteiger partial charge in [-0.15, -0.1) is 0 Å². The van der Waals surface area contributed by atoms with Gasteiger partial charge in [-0.25, -0.2) is 23.4 Å². The lowest BCUT2D eigenvalue weighted by Crippen LogP contribution is -2.38. The minimum atomic E-state index is -4.58. The summed E-state index contributed by atoms with van der Waals surface area (Å²) in [5.74, 6) is 0.129. The van der Waals surface area contributed by atoms with Crippen LogP contribution >= 0.6 is 0 Å². The molecule has 0 saturated carbocycles. The molecule has 5 rings (SSSR count). The van der Waals surface area contributed by atoms with Crippen molar-refractivity contribution in [3.8, 4) is 22.9 Å². The summed E-state index contributed by atoms with van der Waals surface area (Å²) in [5.41, 5.74) is 1.95. The van der Waals surface area contributed by atoms with E-state index in [1.54, 1.807) is 55.7 Å². The molecule has 13 heteroatoms. The number of hydrogen-bond donors (Lipinski definition) is 3. The molecule has 41 heavy (non-hydrogen) atoms. The Morgan fingerprint density at radius 2 is 1.88 bits per heavy atom. The highest BCUT2D eigenvalue weighted by atomic mass is 32.2. The smallest absolute Gasteiger partial charge is 0.390 e. The number of halogens is 3. The van der Waals surface area contributed by atoms with Crippen LogP contribution in [0.1, 0.15) is 24.8 Å². The van der Waals surface area contributed by atoms with Crippen LogP contribution in [0.2, 0.25) is 0 Å². The number of anilines is 2. The maximum absolute atomic E-state index is 12.7. The fourth-order valence-corrected chi connectivity index (χ4v) is 5.78. The molecule has 0 amide bonds. The molecule has 2 aromatic carbocycles. The zero-order valence-electron chi connectivity index (χ0n) is 22.2. The first-order valence-corrected chi connectivity index (χ1v) is 14.8. The van der Waals surface area contributed by atoms with E-state index in [0.29, 0.717) is 39.3 Å². The summed E-state index contributed by atoms with van der Waals surface area (Å²) in [7, 11) is -4.25. The fraction of sp³-hybridized carbons (Fsp3) is 0.321. The third kappa shape index (κ3) is 7.22. The zero-order chi connectivity index (χ0) is 29.0. The fourth-order valence-electron chi connectivity index (χ4n) is 4.68. The van der Waals surface area contributed by atoms with Crippen molar-refractivity contribution in [3.63, 3.8) is 0 Å². The van der Waals surface area contributed by atoms with Crippen molar-refractivity contribution in [1.82, 2.24) is 20.3 Å². The molecule has 1 aliphatic rings. The van der Waals surface area contributed by atoms with Crippen molar-refractivity contribution in [2.45, 2.75) is 38.4 Å². The largest absolute Gasteiger partial charge is 0.437 e. The highest BCUT2D eigenvalue weighted by molar-refractivity contribution is 7.92. The maximum atomic E-state index is 12.7. The number of sulfonamides is 1. The number of fused-ring (bicyclic) bond motifs is 1. The van der Waals surface area contributed by atoms with E-state index in [1.165, 1.54) is 6.07 Å². The summed E-state index contributed by atoms with van der Waals surface area (Å²) in [6, 6.07) is 14.0. The maximum Gasteiger partial charge on any atom is 0.390 e. The van der Waals surface area contributed by atoms with Crippen molar-refractivity contribution < 1.29 is 26.3 Å². The van der Waals surface area contributed by atoms with Gasteiger partial charge in [0.2, 0.25) is 21.9 Å². The molecule has 9 nitrogen and oxygen atoms in total. The molecule has 0 bridgehead atoms. The Morgan fingerprint density at radius 1 is 1.07 bits per heavy atom. The molecule has 3 heterocycles. The highest BCUT2D eigenvalue weighted by Gasteiger charge is 2.30. The molecule has 3 N–H and O–H groups in total. The van der Waals surface area contributed by atoms with Crippen LogP contribution in [0.5, 0.6) is 11.6 Å². The number of alkyl halides is 3. The molecule has 1 atom stereocenters. The number of nitrogens with one attached hydrogen (secondary N) is 3. The van der Waals surface area contributed by atoms with Crippen LogP contribution in [-0.4, -0.2) is 54.4 Å². The number of hydrogen-bond acceptors (Lipinski definition) is 8. The molecule has 1 fully saturated rings. The van der Waals surface area contributed by atoms with Gasteiger partial charge in [0.25, 0.3) is 0 Å². The van der Waals surface area contributed by atoms with Crippen molar-refractivity contribution in [1.29, 1.82) is 0 Å². The molecule has 0 spiro atoms. The van der Waals surface area contributed by atoms with E-state index in [9.17, 15) is 21.6 Å². The van der Waals surface area contributed by atoms with Crippen LogP contribution in [-0.2, 0) is 10.0 Å². The monoisotopic (exact) mass is 586 g/mol. The number of aryl methyl sites for hydroxylation is 1. The lowest BCUT2D eigenvalue weighted by atomic mass is 10.0. The van der Waals surface area contributed by atoms with Gasteiger partial charge in [0.05, 0.1) is 29.1 Å². The second-order valence-corrected chi connectivity index (χ2v) is 11.7. The Morgan fingerprint density at radius 3 is 2.63 bits per heavy atom. The second-order valence-electron chi connectivity index (χ2n) is 9.81. The van der Waals surface area contributed by atoms with Gasteiger partial charge in [0, 0.05) is 35.8 Å². The zero-order valence-corrected chi connectivity index (χ0v) is 23.0. The lowest BCUT2D eigenvalue weighted by Gasteiger charge is -2.23. The molecule has 1 saturated heterocycles. The molecule has 1 aliphatic heterocycles. The minimum Gasteiger partial charge on any atom is -0.437 e. The van der Waals surface area contributed by atoms with Crippen LogP contribution in [0.3, 0.4) is 0 Å². The van der Waals surface area contributed by atoms with Crippen molar-refractivity contribution >= 4 is 32.4 Å². The molecule has 2 aromatic heterocycles. The van der Waals surface area contributed by atoms with Gasteiger partial charge in [-0.3, -0.25) is 4.72 Å². The molecular weight excluding hydrogens is 557 g/mol. The summed E-state index contributed by atoms with van der Waals surface area (Å²) in [6.45, 7) is 3.55. The molecule has 0 aliphatic carbocycles. The van der Waals surface area contributed by atoms with Gasteiger partial charge in [-0.2, -0.15) is 13.2 Å². The topological polar surface area (TPSA) is 118 Å². The van der Waals surface area contributed by atoms with E-state index in [4.69, 9.17) is 4.74 Å². The quantitative estimate of drug-likeness (QED) is 0.230. The van der Waals surface area contributed by atoms with Crippen LogP contribution in [0, 0.1) is 6.92 Å². The Labute approximate surface area is 235 Å². The summed E-state index contributed by atoms with van der Waals surface area (Å²) in [5, 5.41) is 7.76. The van der Waals surface area contributed by atoms with E-state index in [2.05, 4.69) is 30.3 Å². The van der Waals surface area contributed by atoms with Gasteiger partial charge in [-0.05, 0) is 56.1 Å². The molecule has 4 aromatic rings. The van der Waals surface area contributed by atoms with E-state index in [1.807, 2.05) is 6.07 Å². The summed E-state index contributed by atoms with van der Waals surface area (Å²) in [6.07, 6.45) is -0.688. The van der Waals surface area contributed by atoms with Crippen molar-refractivity contribution in [2.75, 3.05) is 28.9 Å². The Bertz CT molecular complexity index is 1640. The summed E-state index contributed by atoms with van der Waals surface area (Å²) < 4.78 is 71.5. The molecule has 0 radical (unpaired) electrons. The summed E-state index contributed by atoms with van der Waals surface area (Å²) in [4.78, 5) is 13.5. The SMILES string of the molecule is Cc1cc(NS(=O)(=O)CCC(F)(F)F)c2ccccc2c1Oc1ncccc1-c1ccnc(N[C@H]2CCCNC2)n1. The average Bonchev–Trinajstić information content (AvgIpc) is 2.95. The van der Waals surface area contributed by atoms with Crippen LogP contribution in [0.4, 0.5) is 24.8 Å². The predicted octanol–water partition coefficient (Wildman–Crippen LogP) is 5.65. The normalized spacial score (nSPS) is 16.0. The highest BCUT2D eigenvalue weighted by Crippen LogP contribution is 2.40. The number of benzene rings is 2. The second kappa shape index (κ2) is 11.9. The minimum absolute atomic E-state index is 0.164. The summed E-state index contributed by atoms with van der Waals surface area (Å²) >= 11 is 0. The van der Waals surface area contributed by atoms with E-state index in [-0.39, 0.29) is 17.6 Å². The number of rotatable bonds is 9. The Balaban J connectivity index is 1.45.